The molecule has 2 heterocycles. The summed E-state index contributed by atoms with van der Waals surface area (Å²) in [4.78, 5) is 0. The van der Waals surface area contributed by atoms with Crippen molar-refractivity contribution < 1.29 is 0 Å². The number of para-hydroxylation sites is 2. The summed E-state index contributed by atoms with van der Waals surface area (Å²) in [5, 5.41) is 71.9. The molecule has 0 fully saturated rings. The Balaban J connectivity index is 0.000000465. The molecular formula is C70H51N9. The molecule has 9 nitrogen and oxygen atoms in total. The first-order chi connectivity index (χ1) is 38.6. The van der Waals surface area contributed by atoms with Gasteiger partial charge in [-0.3, -0.25) is 0 Å². The van der Waals surface area contributed by atoms with Crippen LogP contribution in [0.1, 0.15) is 67.5 Å². The molecule has 0 saturated carbocycles. The zero-order chi connectivity index (χ0) is 56.6. The van der Waals surface area contributed by atoms with Gasteiger partial charge in [-0.15, -0.1) is 13.2 Å². The molecule has 0 N–H and O–H groups in total. The second-order valence-electron chi connectivity index (χ2n) is 17.8. The number of allylic oxidation sites excluding steroid dienone is 7. The Morgan fingerprint density at radius 1 is 0.430 bits per heavy atom. The van der Waals surface area contributed by atoms with Crippen LogP contribution in [0, 0.1) is 79.3 Å². The van der Waals surface area contributed by atoms with Crippen molar-refractivity contribution in [1.29, 1.82) is 36.8 Å². The first kappa shape index (κ1) is 55.2. The van der Waals surface area contributed by atoms with E-state index in [0.717, 1.165) is 82.6 Å². The molecule has 0 spiro atoms. The van der Waals surface area contributed by atoms with Gasteiger partial charge in [-0.2, -0.15) is 36.8 Å². The highest BCUT2D eigenvalue weighted by Gasteiger charge is 2.20. The van der Waals surface area contributed by atoms with E-state index in [1.807, 2.05) is 160 Å². The Labute approximate surface area is 461 Å². The second-order valence-corrected chi connectivity index (χ2v) is 17.8. The third kappa shape index (κ3) is 11.6. The van der Waals surface area contributed by atoms with E-state index in [1.165, 1.54) is 5.57 Å². The first-order valence-electron chi connectivity index (χ1n) is 25.1. The molecule has 0 amide bonds. The molecule has 0 saturated heterocycles. The highest BCUT2D eigenvalue weighted by Crippen LogP contribution is 2.40. The summed E-state index contributed by atoms with van der Waals surface area (Å²) in [5.74, 6) is 0. The van der Waals surface area contributed by atoms with Crippen molar-refractivity contribution in [2.75, 3.05) is 0 Å². The largest absolute Gasteiger partial charge is 0.308 e. The van der Waals surface area contributed by atoms with Gasteiger partial charge < -0.3 is 9.13 Å². The molecule has 0 aliphatic heterocycles. The summed E-state index contributed by atoms with van der Waals surface area (Å²) in [6, 6.07) is 65.4. The van der Waals surface area contributed by atoms with E-state index in [9.17, 15) is 31.6 Å². The summed E-state index contributed by atoms with van der Waals surface area (Å²) in [5.41, 5.74) is 14.4. The van der Waals surface area contributed by atoms with Crippen LogP contribution in [0.4, 0.5) is 0 Å². The van der Waals surface area contributed by atoms with Crippen LogP contribution in [0.25, 0.3) is 88.4 Å². The molecule has 0 aliphatic rings. The van der Waals surface area contributed by atoms with Crippen molar-refractivity contribution in [2.45, 2.75) is 34.1 Å². The molecule has 8 aromatic carbocycles. The van der Waals surface area contributed by atoms with E-state index in [-0.39, 0.29) is 0 Å². The molecule has 0 radical (unpaired) electrons. The lowest BCUT2D eigenvalue weighted by atomic mass is 9.98. The van der Waals surface area contributed by atoms with Crippen LogP contribution in [-0.4, -0.2) is 9.13 Å². The number of nitriles is 7. The summed E-state index contributed by atoms with van der Waals surface area (Å²) < 4.78 is 4.18. The molecule has 10 aromatic rings. The van der Waals surface area contributed by atoms with Crippen molar-refractivity contribution in [3.63, 3.8) is 0 Å². The Morgan fingerprint density at radius 3 is 1.15 bits per heavy atom. The number of rotatable bonds is 8. The number of aromatic nitrogens is 2. The Kier molecular flexibility index (Phi) is 17.9. The fourth-order valence-electron chi connectivity index (χ4n) is 9.34. The van der Waals surface area contributed by atoms with Gasteiger partial charge in [0.15, 0.2) is 0 Å². The highest BCUT2D eigenvalue weighted by molar-refractivity contribution is 6.12. The standard InChI is InChI=1S/C54H26N8.C9H14.C5H7N.C2H4/c55-27-33-17-34(28-56)20-43(19-33)39-13-15-47-45-5-1-3-7-49(45)61(53(47)25-39)51-23-37(9-11-41(51)31-59)38-10-12-42(32-60)52(24-38)62-50-8-4-2-6-46(50)48-16-14-40(26-54(48)62)44-21-35(29-57)18-36(22-44)30-58;1-5-7-9(4)8(3)6-2;1-2-3-4-5-6;1-2/h1-26H;5-7H,4H2,1-3H3;2-3H,4H2,1H3;1-2H2/b;7-5-,8-6+;3-2-;. The lowest BCUT2D eigenvalue weighted by Crippen LogP contribution is -2.00. The molecule has 2 aromatic heterocycles. The van der Waals surface area contributed by atoms with Gasteiger partial charge in [-0.05, 0) is 157 Å². The van der Waals surface area contributed by atoms with Gasteiger partial charge >= 0.3 is 0 Å². The van der Waals surface area contributed by atoms with Crippen molar-refractivity contribution in [1.82, 2.24) is 9.13 Å². The number of fused-ring (bicyclic) bond motifs is 6. The van der Waals surface area contributed by atoms with E-state index in [1.54, 1.807) is 36.4 Å². The monoisotopic (exact) mass is 1020 g/mol. The van der Waals surface area contributed by atoms with Crippen LogP contribution in [-0.2, 0) is 0 Å². The predicted molar refractivity (Wildman–Crippen MR) is 319 cm³/mol. The van der Waals surface area contributed by atoms with Crippen LogP contribution < -0.4 is 0 Å². The number of hydrogen-bond acceptors (Lipinski definition) is 7. The minimum atomic E-state index is 0.391. The third-order valence-electron chi connectivity index (χ3n) is 13.2. The molecule has 9 heteroatoms. The SMILES string of the molecule is C/C=C\CC#N.C=C.C=C(/C=C\C)/C(C)=C/C.N#Cc1cc(C#N)cc(-c2ccc3c4ccccc4n(-c4cc(-c5ccc(C#N)c(-n6c7ccccc7c7ccc(-c8cc(C#N)cc(C#N)c8)cc76)c5)ccc4C#N)c3c2)c1. The Morgan fingerprint density at radius 2 is 0.810 bits per heavy atom. The van der Waals surface area contributed by atoms with Crippen LogP contribution in [0.15, 0.2) is 219 Å². The maximum Gasteiger partial charge on any atom is 0.101 e. The fraction of sp³-hybridized carbons (Fsp3) is 0.0714. The van der Waals surface area contributed by atoms with Crippen molar-refractivity contribution in [3.8, 4) is 87.2 Å². The molecule has 0 aliphatic carbocycles. The third-order valence-corrected chi connectivity index (χ3v) is 13.2. The predicted octanol–water partition coefficient (Wildman–Crippen LogP) is 17.5. The smallest absolute Gasteiger partial charge is 0.101 e. The van der Waals surface area contributed by atoms with Gasteiger partial charge in [0.25, 0.3) is 0 Å². The van der Waals surface area contributed by atoms with E-state index >= 15 is 0 Å². The fourth-order valence-corrected chi connectivity index (χ4v) is 9.34. The van der Waals surface area contributed by atoms with Crippen molar-refractivity contribution >= 4 is 43.6 Å². The molecule has 0 bridgehead atoms. The first-order valence-corrected chi connectivity index (χ1v) is 25.1. The highest BCUT2D eigenvalue weighted by atomic mass is 15.0. The van der Waals surface area contributed by atoms with Crippen LogP contribution in [0.5, 0.6) is 0 Å². The maximum absolute atomic E-state index is 10.6. The van der Waals surface area contributed by atoms with E-state index in [0.29, 0.717) is 51.2 Å². The Hall–Kier alpha value is -11.5. The van der Waals surface area contributed by atoms with Gasteiger partial charge in [0.2, 0.25) is 0 Å². The summed E-state index contributed by atoms with van der Waals surface area (Å²) in [6.45, 7) is 17.8. The van der Waals surface area contributed by atoms with Crippen LogP contribution in [0.2, 0.25) is 0 Å². The van der Waals surface area contributed by atoms with E-state index in [4.69, 9.17) is 5.26 Å². The zero-order valence-electron chi connectivity index (χ0n) is 44.3. The van der Waals surface area contributed by atoms with Crippen molar-refractivity contribution in [3.05, 3.63) is 252 Å². The minimum Gasteiger partial charge on any atom is -0.308 e. The average molecular weight is 1020 g/mol. The number of benzene rings is 8. The van der Waals surface area contributed by atoms with Crippen LogP contribution >= 0.6 is 0 Å². The lowest BCUT2D eigenvalue weighted by Gasteiger charge is -2.15. The van der Waals surface area contributed by atoms with Crippen LogP contribution in [0.3, 0.4) is 0 Å². The number of nitrogens with zero attached hydrogens (tertiary/aromatic N) is 9. The Bertz CT molecular complexity index is 4110. The normalized spacial score (nSPS) is 10.6. The van der Waals surface area contributed by atoms with E-state index in [2.05, 4.69) is 90.4 Å². The molecule has 0 atom stereocenters. The summed E-state index contributed by atoms with van der Waals surface area (Å²) in [7, 11) is 0. The van der Waals surface area contributed by atoms with Gasteiger partial charge in [0.05, 0.1) is 104 Å². The topological polar surface area (TPSA) is 176 Å². The minimum absolute atomic E-state index is 0.391. The second kappa shape index (κ2) is 25.6. The summed E-state index contributed by atoms with van der Waals surface area (Å²) >= 11 is 0. The molecule has 376 valence electrons. The average Bonchev–Trinajstić information content (AvgIpc) is 4.08. The molecule has 0 unspecified atom stereocenters. The molecule has 10 rings (SSSR count). The molecule has 79 heavy (non-hydrogen) atoms. The zero-order valence-corrected chi connectivity index (χ0v) is 44.3. The quantitative estimate of drug-likeness (QED) is 0.107. The van der Waals surface area contributed by atoms with Gasteiger partial charge in [-0.1, -0.05) is 110 Å². The van der Waals surface area contributed by atoms with Gasteiger partial charge in [0, 0.05) is 21.5 Å². The van der Waals surface area contributed by atoms with Gasteiger partial charge in [-0.25, -0.2) is 0 Å². The van der Waals surface area contributed by atoms with Gasteiger partial charge in [0.1, 0.15) is 12.1 Å². The number of hydrogen-bond donors (Lipinski definition) is 0. The lowest BCUT2D eigenvalue weighted by molar-refractivity contribution is 1.16. The maximum atomic E-state index is 10.6. The molecular weight excluding hydrogens is 967 g/mol. The summed E-state index contributed by atoms with van der Waals surface area (Å²) in [6.07, 6.45) is 10.3. The van der Waals surface area contributed by atoms with E-state index < -0.39 is 0 Å². The van der Waals surface area contributed by atoms with Crippen molar-refractivity contribution in [2.24, 2.45) is 0 Å².